The molecule has 0 aromatic rings. The van der Waals surface area contributed by atoms with Crippen LogP contribution in [0.2, 0.25) is 0 Å². The summed E-state index contributed by atoms with van der Waals surface area (Å²) in [6.07, 6.45) is 0. The molecule has 0 atom stereocenters. The third kappa shape index (κ3) is 7.66. The van der Waals surface area contributed by atoms with Gasteiger partial charge in [0.05, 0.1) is 6.67 Å². The van der Waals surface area contributed by atoms with E-state index in [1.165, 1.54) is 0 Å². The van der Waals surface area contributed by atoms with Crippen LogP contribution in [0.5, 0.6) is 0 Å². The van der Waals surface area contributed by atoms with Crippen molar-refractivity contribution in [3.05, 3.63) is 0 Å². The molecule has 0 saturated heterocycles. The highest BCUT2D eigenvalue weighted by molar-refractivity contribution is 4.63. The van der Waals surface area contributed by atoms with E-state index in [1.807, 2.05) is 0 Å². The minimum Gasteiger partial charge on any atom is -0.329 e. The third-order valence-corrected chi connectivity index (χ3v) is 2.18. The first-order valence-electron chi connectivity index (χ1n) is 5.53. The van der Waals surface area contributed by atoms with Gasteiger partial charge in [-0.05, 0) is 0 Å². The van der Waals surface area contributed by atoms with Gasteiger partial charge in [0.15, 0.2) is 0 Å². The molecule has 0 rings (SSSR count). The molecule has 0 aliphatic rings. The highest BCUT2D eigenvalue weighted by atomic mass is 15.3. The standard InChI is InChI=1S/C9H26N6/c10-1-5-14(6-2-11)9-15(7-3-12)8-4-13/h1-13H2. The minimum absolute atomic E-state index is 0.652. The van der Waals surface area contributed by atoms with Crippen LogP contribution in [0, 0.1) is 0 Å². The van der Waals surface area contributed by atoms with Gasteiger partial charge < -0.3 is 22.9 Å². The highest BCUT2D eigenvalue weighted by Gasteiger charge is 2.08. The van der Waals surface area contributed by atoms with Crippen LogP contribution in [0.3, 0.4) is 0 Å². The molecule has 6 heteroatoms. The molecule has 0 amide bonds. The lowest BCUT2D eigenvalue weighted by Gasteiger charge is -2.29. The van der Waals surface area contributed by atoms with E-state index in [1.54, 1.807) is 0 Å². The Labute approximate surface area is 92.5 Å². The molecule has 0 fully saturated rings. The molecule has 0 spiro atoms. The number of rotatable bonds is 10. The predicted octanol–water partition coefficient (Wildman–Crippen LogP) is -2.62. The Morgan fingerprint density at radius 1 is 0.533 bits per heavy atom. The van der Waals surface area contributed by atoms with Crippen LogP contribution in [-0.4, -0.2) is 68.8 Å². The fourth-order valence-electron chi connectivity index (χ4n) is 1.52. The van der Waals surface area contributed by atoms with Gasteiger partial charge in [-0.2, -0.15) is 0 Å². The molecular weight excluding hydrogens is 192 g/mol. The number of nitrogens with two attached hydrogens (primary N) is 4. The Hall–Kier alpha value is -0.240. The van der Waals surface area contributed by atoms with Crippen molar-refractivity contribution >= 4 is 0 Å². The van der Waals surface area contributed by atoms with Crippen LogP contribution in [0.4, 0.5) is 0 Å². The molecular formula is C9H26N6. The van der Waals surface area contributed by atoms with Gasteiger partial charge in [-0.25, -0.2) is 0 Å². The van der Waals surface area contributed by atoms with Crippen LogP contribution in [0.15, 0.2) is 0 Å². The first-order valence-corrected chi connectivity index (χ1v) is 5.53. The van der Waals surface area contributed by atoms with Gasteiger partial charge in [0.2, 0.25) is 0 Å². The molecule has 0 heterocycles. The molecule has 0 bridgehead atoms. The summed E-state index contributed by atoms with van der Waals surface area (Å²) in [5, 5.41) is 0. The zero-order chi connectivity index (χ0) is 11.5. The van der Waals surface area contributed by atoms with Crippen molar-refractivity contribution in [1.82, 2.24) is 9.80 Å². The van der Waals surface area contributed by atoms with Crippen LogP contribution in [0.25, 0.3) is 0 Å². The zero-order valence-electron chi connectivity index (χ0n) is 9.57. The number of hydrogen-bond acceptors (Lipinski definition) is 6. The van der Waals surface area contributed by atoms with E-state index in [0.717, 1.165) is 32.8 Å². The average Bonchev–Trinajstić information content (AvgIpc) is 2.19. The van der Waals surface area contributed by atoms with Crippen molar-refractivity contribution in [2.45, 2.75) is 0 Å². The van der Waals surface area contributed by atoms with Crippen molar-refractivity contribution in [2.75, 3.05) is 59.0 Å². The molecule has 0 radical (unpaired) electrons. The smallest absolute Gasteiger partial charge is 0.0508 e. The van der Waals surface area contributed by atoms with Crippen LogP contribution in [0.1, 0.15) is 0 Å². The first-order chi connectivity index (χ1) is 7.28. The predicted molar refractivity (Wildman–Crippen MR) is 64.2 cm³/mol. The van der Waals surface area contributed by atoms with E-state index in [4.69, 9.17) is 22.9 Å². The lowest BCUT2D eigenvalue weighted by molar-refractivity contribution is 0.142. The highest BCUT2D eigenvalue weighted by Crippen LogP contribution is 1.92. The lowest BCUT2D eigenvalue weighted by atomic mass is 10.4. The largest absolute Gasteiger partial charge is 0.329 e. The zero-order valence-corrected chi connectivity index (χ0v) is 9.57. The van der Waals surface area contributed by atoms with E-state index >= 15 is 0 Å². The molecule has 8 N–H and O–H groups in total. The fourth-order valence-corrected chi connectivity index (χ4v) is 1.52. The second-order valence-corrected chi connectivity index (χ2v) is 3.53. The van der Waals surface area contributed by atoms with Gasteiger partial charge in [-0.15, -0.1) is 0 Å². The summed E-state index contributed by atoms with van der Waals surface area (Å²) in [5.74, 6) is 0. The minimum atomic E-state index is 0.652. The van der Waals surface area contributed by atoms with Crippen LogP contribution in [-0.2, 0) is 0 Å². The topological polar surface area (TPSA) is 111 Å². The molecule has 0 saturated carbocycles. The van der Waals surface area contributed by atoms with Crippen LogP contribution < -0.4 is 22.9 Å². The molecule has 92 valence electrons. The van der Waals surface area contributed by atoms with E-state index in [9.17, 15) is 0 Å². The second-order valence-electron chi connectivity index (χ2n) is 3.53. The molecule has 0 aliphatic heterocycles. The molecule has 0 aliphatic carbocycles. The van der Waals surface area contributed by atoms with Gasteiger partial charge in [0.1, 0.15) is 0 Å². The summed E-state index contributed by atoms with van der Waals surface area (Å²) in [5.41, 5.74) is 22.1. The Kier molecular flexibility index (Phi) is 10.1. The Balaban J connectivity index is 3.93. The Morgan fingerprint density at radius 2 is 0.800 bits per heavy atom. The average molecular weight is 218 g/mol. The number of nitrogens with zero attached hydrogens (tertiary/aromatic N) is 2. The molecule has 0 unspecified atom stereocenters. The summed E-state index contributed by atoms with van der Waals surface area (Å²) < 4.78 is 0. The monoisotopic (exact) mass is 218 g/mol. The SMILES string of the molecule is NCCN(CCN)CN(CCN)CCN. The summed E-state index contributed by atoms with van der Waals surface area (Å²) >= 11 is 0. The molecule has 15 heavy (non-hydrogen) atoms. The lowest BCUT2D eigenvalue weighted by Crippen LogP contribution is -2.45. The van der Waals surface area contributed by atoms with Gasteiger partial charge in [-0.3, -0.25) is 9.80 Å². The van der Waals surface area contributed by atoms with Gasteiger partial charge >= 0.3 is 0 Å². The molecule has 6 nitrogen and oxygen atoms in total. The van der Waals surface area contributed by atoms with E-state index in [2.05, 4.69) is 9.80 Å². The Bertz CT molecular complexity index is 106. The number of hydrogen-bond donors (Lipinski definition) is 4. The normalized spacial score (nSPS) is 11.6. The maximum atomic E-state index is 5.53. The van der Waals surface area contributed by atoms with E-state index in [-0.39, 0.29) is 0 Å². The maximum absolute atomic E-state index is 5.53. The van der Waals surface area contributed by atoms with Crippen LogP contribution >= 0.6 is 0 Å². The van der Waals surface area contributed by atoms with Gasteiger partial charge in [0, 0.05) is 52.4 Å². The summed E-state index contributed by atoms with van der Waals surface area (Å²) in [4.78, 5) is 4.46. The molecule has 0 aromatic heterocycles. The third-order valence-electron chi connectivity index (χ3n) is 2.18. The maximum Gasteiger partial charge on any atom is 0.0508 e. The van der Waals surface area contributed by atoms with Gasteiger partial charge in [0.25, 0.3) is 0 Å². The van der Waals surface area contributed by atoms with Crippen molar-refractivity contribution in [3.63, 3.8) is 0 Å². The van der Waals surface area contributed by atoms with E-state index < -0.39 is 0 Å². The summed E-state index contributed by atoms with van der Waals surface area (Å²) in [6, 6.07) is 0. The summed E-state index contributed by atoms with van der Waals surface area (Å²) in [7, 11) is 0. The second kappa shape index (κ2) is 10.3. The quantitative estimate of drug-likeness (QED) is 0.299. The molecule has 0 aromatic carbocycles. The van der Waals surface area contributed by atoms with Crippen molar-refractivity contribution in [1.29, 1.82) is 0 Å². The van der Waals surface area contributed by atoms with E-state index in [0.29, 0.717) is 26.2 Å². The summed E-state index contributed by atoms with van der Waals surface area (Å²) in [6.45, 7) is 6.91. The van der Waals surface area contributed by atoms with Crippen molar-refractivity contribution in [2.24, 2.45) is 22.9 Å². The fraction of sp³-hybridized carbons (Fsp3) is 1.00. The Morgan fingerprint density at radius 3 is 1.00 bits per heavy atom. The van der Waals surface area contributed by atoms with Gasteiger partial charge in [-0.1, -0.05) is 0 Å². The van der Waals surface area contributed by atoms with Crippen molar-refractivity contribution < 1.29 is 0 Å². The van der Waals surface area contributed by atoms with Crippen molar-refractivity contribution in [3.8, 4) is 0 Å². The first kappa shape index (κ1) is 14.8.